The minimum absolute atomic E-state index is 0.0612. The van der Waals surface area contributed by atoms with Gasteiger partial charge in [-0.25, -0.2) is 0 Å². The molecule has 0 aromatic rings. The highest BCUT2D eigenvalue weighted by Gasteiger charge is 2.72. The Morgan fingerprint density at radius 1 is 1.05 bits per heavy atom. The first kappa shape index (κ1) is 13.5. The highest BCUT2D eigenvalue weighted by molar-refractivity contribution is 5.19. The van der Waals surface area contributed by atoms with Gasteiger partial charge in [0.05, 0.1) is 5.60 Å². The van der Waals surface area contributed by atoms with Crippen LogP contribution in [0.1, 0.15) is 46.0 Å². The SMILES string of the molecule is CCO[C@H]1OC2([C@@H]3CC4C[C@H]2CC(O)(C4)C3)[C@@H]1OCC. The predicted octanol–water partition coefficient (Wildman–Crippen LogP) is 2.09. The maximum atomic E-state index is 10.7. The average Bonchev–Trinajstić information content (AvgIpc) is 2.37. The van der Waals surface area contributed by atoms with Crippen LogP contribution in [0.4, 0.5) is 0 Å². The van der Waals surface area contributed by atoms with Crippen molar-refractivity contribution in [3.63, 3.8) is 0 Å². The second-order valence-corrected chi connectivity index (χ2v) is 7.24. The van der Waals surface area contributed by atoms with Crippen LogP contribution in [0.5, 0.6) is 0 Å². The minimum Gasteiger partial charge on any atom is -0.390 e. The molecule has 5 aliphatic rings. The van der Waals surface area contributed by atoms with Gasteiger partial charge >= 0.3 is 0 Å². The van der Waals surface area contributed by atoms with Crippen LogP contribution < -0.4 is 0 Å². The van der Waals surface area contributed by atoms with E-state index in [4.69, 9.17) is 14.2 Å². The van der Waals surface area contributed by atoms with Crippen molar-refractivity contribution in [3.8, 4) is 0 Å². The van der Waals surface area contributed by atoms with Gasteiger partial charge in [0.25, 0.3) is 0 Å². The van der Waals surface area contributed by atoms with E-state index in [9.17, 15) is 5.11 Å². The van der Waals surface area contributed by atoms with Gasteiger partial charge < -0.3 is 19.3 Å². The number of rotatable bonds is 4. The van der Waals surface area contributed by atoms with Crippen molar-refractivity contribution >= 4 is 0 Å². The van der Waals surface area contributed by atoms with Crippen molar-refractivity contribution < 1.29 is 19.3 Å². The second kappa shape index (κ2) is 4.42. The molecule has 1 aliphatic heterocycles. The van der Waals surface area contributed by atoms with Crippen molar-refractivity contribution in [1.29, 1.82) is 0 Å². The molecule has 7 atom stereocenters. The zero-order valence-electron chi connectivity index (χ0n) is 12.5. The maximum Gasteiger partial charge on any atom is 0.187 e. The van der Waals surface area contributed by atoms with E-state index < -0.39 is 5.60 Å². The lowest BCUT2D eigenvalue weighted by atomic mass is 9.46. The number of hydrogen-bond donors (Lipinski definition) is 1. The third-order valence-electron chi connectivity index (χ3n) is 6.12. The Morgan fingerprint density at radius 3 is 2.25 bits per heavy atom. The Balaban J connectivity index is 1.61. The van der Waals surface area contributed by atoms with Crippen molar-refractivity contribution in [3.05, 3.63) is 0 Å². The molecule has 0 aromatic heterocycles. The van der Waals surface area contributed by atoms with E-state index in [-0.39, 0.29) is 18.0 Å². The van der Waals surface area contributed by atoms with Gasteiger partial charge in [-0.1, -0.05) is 0 Å². The first-order valence-corrected chi connectivity index (χ1v) is 8.24. The standard InChI is InChI=1S/C16H26O4/c1-3-18-13-14(19-4-2)20-16(13)11-5-10-6-12(16)9-15(17,7-10)8-11/h10-14,17H,3-9H2,1-2H3/t10?,11-,12+,13-,14+,15?,16?/m1/s1. The normalized spacial score (nSPS) is 56.2. The highest BCUT2D eigenvalue weighted by Crippen LogP contribution is 2.65. The van der Waals surface area contributed by atoms with Gasteiger partial charge in [0.2, 0.25) is 0 Å². The molecule has 4 bridgehead atoms. The summed E-state index contributed by atoms with van der Waals surface area (Å²) < 4.78 is 18.0. The van der Waals surface area contributed by atoms with E-state index in [1.165, 1.54) is 12.8 Å². The molecule has 3 unspecified atom stereocenters. The highest BCUT2D eigenvalue weighted by atomic mass is 16.7. The summed E-state index contributed by atoms with van der Waals surface area (Å²) in [5, 5.41) is 10.7. The summed E-state index contributed by atoms with van der Waals surface area (Å²) in [5.74, 6) is 1.60. The van der Waals surface area contributed by atoms with Crippen LogP contribution >= 0.6 is 0 Å². The molecule has 1 saturated heterocycles. The molecule has 4 saturated carbocycles. The molecule has 114 valence electrons. The largest absolute Gasteiger partial charge is 0.390 e. The summed E-state index contributed by atoms with van der Waals surface area (Å²) in [6.07, 6.45) is 5.04. The summed E-state index contributed by atoms with van der Waals surface area (Å²) in [4.78, 5) is 0. The fraction of sp³-hybridized carbons (Fsp3) is 1.00. The van der Waals surface area contributed by atoms with Crippen LogP contribution in [0.2, 0.25) is 0 Å². The molecule has 4 nitrogen and oxygen atoms in total. The molecule has 0 aromatic carbocycles. The quantitative estimate of drug-likeness (QED) is 0.858. The molecule has 20 heavy (non-hydrogen) atoms. The summed E-state index contributed by atoms with van der Waals surface area (Å²) in [6.45, 7) is 5.40. The van der Waals surface area contributed by atoms with Crippen LogP contribution in [0.25, 0.3) is 0 Å². The summed E-state index contributed by atoms with van der Waals surface area (Å²) in [5.41, 5.74) is -0.586. The minimum atomic E-state index is -0.418. The Bertz CT molecular complexity index is 380. The Hall–Kier alpha value is -0.160. The average molecular weight is 282 g/mol. The predicted molar refractivity (Wildman–Crippen MR) is 73.1 cm³/mol. The molecule has 0 amide bonds. The van der Waals surface area contributed by atoms with Gasteiger partial charge in [0.15, 0.2) is 6.29 Å². The zero-order chi connectivity index (χ0) is 14.0. The molecule has 5 rings (SSSR count). The van der Waals surface area contributed by atoms with Gasteiger partial charge in [-0.3, -0.25) is 0 Å². The lowest BCUT2D eigenvalue weighted by Gasteiger charge is -2.70. The van der Waals surface area contributed by atoms with Gasteiger partial charge in [-0.05, 0) is 63.7 Å². The van der Waals surface area contributed by atoms with E-state index in [0.717, 1.165) is 19.3 Å². The van der Waals surface area contributed by atoms with Crippen molar-refractivity contribution in [2.24, 2.45) is 17.8 Å². The summed E-state index contributed by atoms with van der Waals surface area (Å²) >= 11 is 0. The number of hydrogen-bond acceptors (Lipinski definition) is 4. The maximum absolute atomic E-state index is 10.7. The Labute approximate surface area is 120 Å². The molecule has 4 aliphatic carbocycles. The van der Waals surface area contributed by atoms with E-state index in [2.05, 4.69) is 0 Å². The van der Waals surface area contributed by atoms with E-state index in [1.807, 2.05) is 13.8 Å². The molecular formula is C16H26O4. The van der Waals surface area contributed by atoms with E-state index in [1.54, 1.807) is 0 Å². The van der Waals surface area contributed by atoms with Crippen molar-refractivity contribution in [1.82, 2.24) is 0 Å². The van der Waals surface area contributed by atoms with Crippen molar-refractivity contribution in [2.45, 2.75) is 69.5 Å². The molecular weight excluding hydrogens is 256 g/mol. The fourth-order valence-corrected chi connectivity index (χ4v) is 5.76. The van der Waals surface area contributed by atoms with Crippen LogP contribution in [-0.2, 0) is 14.2 Å². The third kappa shape index (κ3) is 1.62. The number of aliphatic hydroxyl groups is 1. The van der Waals surface area contributed by atoms with Crippen LogP contribution in [0.3, 0.4) is 0 Å². The smallest absolute Gasteiger partial charge is 0.187 e. The Morgan fingerprint density at radius 2 is 1.70 bits per heavy atom. The lowest BCUT2D eigenvalue weighted by molar-refractivity contribution is -0.434. The summed E-state index contributed by atoms with van der Waals surface area (Å²) in [7, 11) is 0. The van der Waals surface area contributed by atoms with E-state index >= 15 is 0 Å². The molecule has 1 heterocycles. The molecule has 5 fully saturated rings. The van der Waals surface area contributed by atoms with Crippen LogP contribution in [0.15, 0.2) is 0 Å². The fourth-order valence-electron chi connectivity index (χ4n) is 5.76. The summed E-state index contributed by atoms with van der Waals surface area (Å²) in [6, 6.07) is 0. The van der Waals surface area contributed by atoms with Crippen LogP contribution in [0, 0.1) is 17.8 Å². The van der Waals surface area contributed by atoms with Gasteiger partial charge in [-0.2, -0.15) is 0 Å². The second-order valence-electron chi connectivity index (χ2n) is 7.24. The number of ether oxygens (including phenoxy) is 3. The van der Waals surface area contributed by atoms with Gasteiger partial charge in [0, 0.05) is 13.2 Å². The molecule has 1 spiro atoms. The lowest BCUT2D eigenvalue weighted by Crippen LogP contribution is -2.78. The van der Waals surface area contributed by atoms with Crippen molar-refractivity contribution in [2.75, 3.05) is 13.2 Å². The first-order chi connectivity index (χ1) is 9.61. The Kier molecular flexibility index (Phi) is 2.98. The third-order valence-corrected chi connectivity index (χ3v) is 6.12. The molecule has 1 N–H and O–H groups in total. The van der Waals surface area contributed by atoms with Gasteiger partial charge in [-0.15, -0.1) is 0 Å². The monoisotopic (exact) mass is 282 g/mol. The zero-order valence-corrected chi connectivity index (χ0v) is 12.5. The molecule has 4 heteroatoms. The molecule has 0 radical (unpaired) electrons. The van der Waals surface area contributed by atoms with Crippen LogP contribution in [-0.4, -0.2) is 41.9 Å². The van der Waals surface area contributed by atoms with E-state index in [0.29, 0.717) is 31.0 Å². The topological polar surface area (TPSA) is 47.9 Å². The first-order valence-electron chi connectivity index (χ1n) is 8.24. The van der Waals surface area contributed by atoms with Gasteiger partial charge in [0.1, 0.15) is 11.7 Å².